The number of methoxy groups -OCH3 is 1. The smallest absolute Gasteiger partial charge is 0.324 e. The van der Waals surface area contributed by atoms with E-state index in [0.717, 1.165) is 42.7 Å². The van der Waals surface area contributed by atoms with Crippen molar-refractivity contribution in [3.8, 4) is 5.75 Å². The SMILES string of the molecule is COC1(c2cc(F)cc(OCc3ccc(N(C)C(=O)N4CCCCCCC4)cc3)c2)CCOCC1. The van der Waals surface area contributed by atoms with Crippen LogP contribution in [0, 0.1) is 5.82 Å². The first-order chi connectivity index (χ1) is 17.0. The van der Waals surface area contributed by atoms with Crippen molar-refractivity contribution < 1.29 is 23.4 Å². The summed E-state index contributed by atoms with van der Waals surface area (Å²) < 4.78 is 31.7. The first-order valence-electron chi connectivity index (χ1n) is 12.7. The zero-order valence-electron chi connectivity index (χ0n) is 20.9. The third kappa shape index (κ3) is 6.33. The number of nitrogens with zero attached hydrogens (tertiary/aromatic N) is 2. The molecule has 2 aromatic rings. The number of urea groups is 1. The summed E-state index contributed by atoms with van der Waals surface area (Å²) in [6.07, 6.45) is 7.13. The van der Waals surface area contributed by atoms with Gasteiger partial charge in [0.05, 0.1) is 5.60 Å². The van der Waals surface area contributed by atoms with E-state index >= 15 is 0 Å². The normalized spacial score (nSPS) is 18.4. The Bertz CT molecular complexity index is 967. The Labute approximate surface area is 208 Å². The van der Waals surface area contributed by atoms with E-state index < -0.39 is 5.60 Å². The standard InChI is InChI=1S/C28H37FN2O4/c1-30(27(32)31-14-6-4-3-5-7-15-31)25-10-8-22(9-11-25)21-35-26-19-23(18-24(29)20-26)28(33-2)12-16-34-17-13-28/h8-11,18-20H,3-7,12-17,21H2,1-2H3. The van der Waals surface area contributed by atoms with Gasteiger partial charge in [-0.3, -0.25) is 4.90 Å². The van der Waals surface area contributed by atoms with Crippen LogP contribution in [0.3, 0.4) is 0 Å². The van der Waals surface area contributed by atoms with Crippen molar-refractivity contribution in [3.05, 3.63) is 59.4 Å². The molecule has 35 heavy (non-hydrogen) atoms. The van der Waals surface area contributed by atoms with Crippen molar-refractivity contribution in [1.82, 2.24) is 4.90 Å². The van der Waals surface area contributed by atoms with Crippen LogP contribution in [-0.4, -0.2) is 51.4 Å². The van der Waals surface area contributed by atoms with Gasteiger partial charge in [-0.25, -0.2) is 9.18 Å². The maximum absolute atomic E-state index is 14.4. The van der Waals surface area contributed by atoms with E-state index in [4.69, 9.17) is 14.2 Å². The number of halogens is 1. The molecule has 2 aliphatic rings. The predicted molar refractivity (Wildman–Crippen MR) is 134 cm³/mol. The van der Waals surface area contributed by atoms with Crippen LogP contribution in [0.2, 0.25) is 0 Å². The highest BCUT2D eigenvalue weighted by Crippen LogP contribution is 2.37. The first-order valence-corrected chi connectivity index (χ1v) is 12.7. The summed E-state index contributed by atoms with van der Waals surface area (Å²) >= 11 is 0. The van der Waals surface area contributed by atoms with E-state index in [1.165, 1.54) is 31.4 Å². The number of amides is 2. The van der Waals surface area contributed by atoms with Crippen LogP contribution in [0.15, 0.2) is 42.5 Å². The van der Waals surface area contributed by atoms with E-state index in [1.807, 2.05) is 42.3 Å². The summed E-state index contributed by atoms with van der Waals surface area (Å²) in [6, 6.07) is 12.6. The Balaban J connectivity index is 1.38. The Morgan fingerprint density at radius 3 is 2.34 bits per heavy atom. The molecule has 0 atom stereocenters. The van der Waals surface area contributed by atoms with E-state index in [0.29, 0.717) is 38.4 Å². The topological polar surface area (TPSA) is 51.2 Å². The molecule has 0 N–H and O–H groups in total. The monoisotopic (exact) mass is 484 g/mol. The zero-order chi connectivity index (χ0) is 24.7. The third-order valence-corrected chi connectivity index (χ3v) is 7.23. The second-order valence-corrected chi connectivity index (χ2v) is 9.54. The zero-order valence-corrected chi connectivity index (χ0v) is 20.9. The van der Waals surface area contributed by atoms with Gasteiger partial charge in [-0.05, 0) is 48.2 Å². The van der Waals surface area contributed by atoms with E-state index in [9.17, 15) is 9.18 Å². The maximum atomic E-state index is 14.4. The Hall–Kier alpha value is -2.64. The molecule has 2 heterocycles. The number of likely N-dealkylation sites (tertiary alicyclic amines) is 1. The summed E-state index contributed by atoms with van der Waals surface area (Å²) in [6.45, 7) is 3.11. The van der Waals surface area contributed by atoms with Crippen LogP contribution in [0.4, 0.5) is 14.9 Å². The van der Waals surface area contributed by atoms with Crippen molar-refractivity contribution in [1.29, 1.82) is 0 Å². The molecule has 0 aliphatic carbocycles. The number of carbonyl (C=O) groups is 1. The Kier molecular flexibility index (Phi) is 8.63. The van der Waals surface area contributed by atoms with Crippen molar-refractivity contribution >= 4 is 11.7 Å². The van der Waals surface area contributed by atoms with Gasteiger partial charge >= 0.3 is 6.03 Å². The molecular formula is C28H37FN2O4. The molecular weight excluding hydrogens is 447 g/mol. The third-order valence-electron chi connectivity index (χ3n) is 7.23. The molecule has 2 fully saturated rings. The lowest BCUT2D eigenvalue weighted by atomic mass is 9.86. The molecule has 2 aromatic carbocycles. The molecule has 2 saturated heterocycles. The summed E-state index contributed by atoms with van der Waals surface area (Å²) in [7, 11) is 3.48. The summed E-state index contributed by atoms with van der Waals surface area (Å²) in [5, 5.41) is 0. The fraction of sp³-hybridized carbons (Fsp3) is 0.536. The second kappa shape index (κ2) is 11.9. The van der Waals surface area contributed by atoms with Gasteiger partial charge in [-0.15, -0.1) is 0 Å². The quantitative estimate of drug-likeness (QED) is 0.514. The van der Waals surface area contributed by atoms with Gasteiger partial charge in [0.2, 0.25) is 0 Å². The van der Waals surface area contributed by atoms with Crippen LogP contribution in [0.25, 0.3) is 0 Å². The van der Waals surface area contributed by atoms with Crippen molar-refractivity contribution in [3.63, 3.8) is 0 Å². The highest BCUT2D eigenvalue weighted by Gasteiger charge is 2.35. The first kappa shape index (κ1) is 25.5. The Morgan fingerprint density at radius 2 is 1.69 bits per heavy atom. The van der Waals surface area contributed by atoms with Gasteiger partial charge in [0.1, 0.15) is 18.2 Å². The molecule has 6 nitrogen and oxygen atoms in total. The van der Waals surface area contributed by atoms with E-state index in [-0.39, 0.29) is 11.8 Å². The largest absolute Gasteiger partial charge is 0.489 e. The van der Waals surface area contributed by atoms with Crippen molar-refractivity contribution in [2.24, 2.45) is 0 Å². The van der Waals surface area contributed by atoms with Gasteiger partial charge in [0.15, 0.2) is 0 Å². The highest BCUT2D eigenvalue weighted by atomic mass is 19.1. The average Bonchev–Trinajstić information content (AvgIpc) is 2.87. The molecule has 0 aromatic heterocycles. The fourth-order valence-electron chi connectivity index (χ4n) is 4.96. The highest BCUT2D eigenvalue weighted by molar-refractivity contribution is 5.91. The number of carbonyl (C=O) groups excluding carboxylic acids is 1. The number of rotatable bonds is 6. The predicted octanol–water partition coefficient (Wildman–Crippen LogP) is 5.88. The van der Waals surface area contributed by atoms with Gasteiger partial charge < -0.3 is 19.1 Å². The van der Waals surface area contributed by atoms with Gasteiger partial charge in [0, 0.05) is 65.1 Å². The molecule has 190 valence electrons. The van der Waals surface area contributed by atoms with Crippen LogP contribution in [-0.2, 0) is 21.7 Å². The number of ether oxygens (including phenoxy) is 3. The van der Waals surface area contributed by atoms with E-state index in [2.05, 4.69) is 0 Å². The van der Waals surface area contributed by atoms with E-state index in [1.54, 1.807) is 12.0 Å². The summed E-state index contributed by atoms with van der Waals surface area (Å²) in [5.41, 5.74) is 2.01. The van der Waals surface area contributed by atoms with Gasteiger partial charge in [-0.1, -0.05) is 31.4 Å². The molecule has 0 bridgehead atoms. The summed E-state index contributed by atoms with van der Waals surface area (Å²) in [4.78, 5) is 16.7. The minimum atomic E-state index is -0.552. The minimum Gasteiger partial charge on any atom is -0.489 e. The lowest BCUT2D eigenvalue weighted by Crippen LogP contribution is -2.42. The molecule has 4 rings (SSSR count). The lowest BCUT2D eigenvalue weighted by Gasteiger charge is -2.36. The molecule has 0 unspecified atom stereocenters. The molecule has 0 saturated carbocycles. The molecule has 2 aliphatic heterocycles. The second-order valence-electron chi connectivity index (χ2n) is 9.54. The van der Waals surface area contributed by atoms with Crippen LogP contribution in [0.1, 0.15) is 56.1 Å². The molecule has 0 spiro atoms. The number of hydrogen-bond donors (Lipinski definition) is 0. The minimum absolute atomic E-state index is 0.0448. The van der Waals surface area contributed by atoms with Crippen molar-refractivity contribution in [2.45, 2.75) is 57.2 Å². The van der Waals surface area contributed by atoms with Crippen molar-refractivity contribution in [2.75, 3.05) is 45.4 Å². The van der Waals surface area contributed by atoms with Gasteiger partial charge in [0.25, 0.3) is 0 Å². The lowest BCUT2D eigenvalue weighted by molar-refractivity contribution is -0.0950. The maximum Gasteiger partial charge on any atom is 0.324 e. The molecule has 2 amide bonds. The number of benzene rings is 2. The van der Waals surface area contributed by atoms with Crippen LogP contribution < -0.4 is 9.64 Å². The fourth-order valence-corrected chi connectivity index (χ4v) is 4.96. The van der Waals surface area contributed by atoms with Crippen LogP contribution >= 0.6 is 0 Å². The van der Waals surface area contributed by atoms with Gasteiger partial charge in [-0.2, -0.15) is 0 Å². The summed E-state index contributed by atoms with van der Waals surface area (Å²) in [5.74, 6) is 0.122. The molecule has 7 heteroatoms. The van der Waals surface area contributed by atoms with Crippen LogP contribution in [0.5, 0.6) is 5.75 Å². The Morgan fingerprint density at radius 1 is 1.03 bits per heavy atom. The molecule has 0 radical (unpaired) electrons. The number of anilines is 1. The average molecular weight is 485 g/mol. The number of hydrogen-bond acceptors (Lipinski definition) is 4.